The molecule has 3 heterocycles. The molecule has 0 saturated carbocycles. The number of hydrogen-bond acceptors (Lipinski definition) is 6. The van der Waals surface area contributed by atoms with Gasteiger partial charge in [0.25, 0.3) is 0 Å². The van der Waals surface area contributed by atoms with Crippen LogP contribution in [0.3, 0.4) is 0 Å². The fourth-order valence-corrected chi connectivity index (χ4v) is 4.92. The second kappa shape index (κ2) is 10.6. The first-order chi connectivity index (χ1) is 17.6. The molecule has 1 atom stereocenters. The van der Waals surface area contributed by atoms with E-state index in [2.05, 4.69) is 27.0 Å². The molecule has 9 heteroatoms. The van der Waals surface area contributed by atoms with Crippen molar-refractivity contribution in [1.82, 2.24) is 9.47 Å². The average Bonchev–Trinajstić information content (AvgIpc) is 3.50. The zero-order valence-electron chi connectivity index (χ0n) is 20.7. The van der Waals surface area contributed by atoms with Gasteiger partial charge < -0.3 is 29.0 Å². The molecule has 2 fully saturated rings. The molecule has 1 aromatic heterocycles. The van der Waals surface area contributed by atoms with Gasteiger partial charge in [-0.15, -0.1) is 0 Å². The summed E-state index contributed by atoms with van der Waals surface area (Å²) < 4.78 is 18.4. The summed E-state index contributed by atoms with van der Waals surface area (Å²) >= 11 is 0. The first-order valence-electron chi connectivity index (χ1n) is 12.3. The number of carbonyl (C=O) groups is 2. The Kier molecular flexibility index (Phi) is 7.11. The van der Waals surface area contributed by atoms with Gasteiger partial charge in [0.15, 0.2) is 0 Å². The van der Waals surface area contributed by atoms with Gasteiger partial charge in [0.05, 0.1) is 39.0 Å². The predicted octanol–water partition coefficient (Wildman–Crippen LogP) is 2.98. The summed E-state index contributed by atoms with van der Waals surface area (Å²) in [6.45, 7) is 5.73. The van der Waals surface area contributed by atoms with Gasteiger partial charge in [-0.3, -0.25) is 14.5 Å². The van der Waals surface area contributed by atoms with Crippen molar-refractivity contribution in [3.05, 3.63) is 48.7 Å². The monoisotopic (exact) mass is 492 g/mol. The Labute approximate surface area is 210 Å². The van der Waals surface area contributed by atoms with Gasteiger partial charge in [0, 0.05) is 68.0 Å². The molecular weight excluding hydrogens is 460 g/mol. The number of benzene rings is 2. The van der Waals surface area contributed by atoms with E-state index < -0.39 is 5.92 Å². The largest absolute Gasteiger partial charge is 0.497 e. The number of anilines is 2. The van der Waals surface area contributed by atoms with Gasteiger partial charge in [0.1, 0.15) is 11.5 Å². The Morgan fingerprint density at radius 1 is 1.06 bits per heavy atom. The van der Waals surface area contributed by atoms with Crippen LogP contribution in [0.4, 0.5) is 11.4 Å². The molecular formula is C27H32N4O5. The van der Waals surface area contributed by atoms with E-state index in [-0.39, 0.29) is 18.2 Å². The number of rotatable bonds is 8. The molecule has 5 rings (SSSR count). The average molecular weight is 493 g/mol. The van der Waals surface area contributed by atoms with Crippen molar-refractivity contribution >= 4 is 34.1 Å². The highest BCUT2D eigenvalue weighted by molar-refractivity contribution is 6.04. The van der Waals surface area contributed by atoms with Crippen molar-refractivity contribution in [1.29, 1.82) is 0 Å². The lowest BCUT2D eigenvalue weighted by Gasteiger charge is -2.26. The minimum Gasteiger partial charge on any atom is -0.497 e. The van der Waals surface area contributed by atoms with Crippen LogP contribution in [0.1, 0.15) is 6.42 Å². The first-order valence-corrected chi connectivity index (χ1v) is 12.3. The Bertz CT molecular complexity index is 1250. The number of aromatic nitrogens is 1. The third-order valence-electron chi connectivity index (χ3n) is 6.97. The number of fused-ring (bicyclic) bond motifs is 1. The third kappa shape index (κ3) is 5.03. The Hall–Kier alpha value is -3.56. The van der Waals surface area contributed by atoms with E-state index >= 15 is 0 Å². The van der Waals surface area contributed by atoms with E-state index in [0.29, 0.717) is 23.7 Å². The van der Waals surface area contributed by atoms with E-state index in [4.69, 9.17) is 14.2 Å². The molecule has 0 aliphatic carbocycles. The molecule has 0 bridgehead atoms. The third-order valence-corrected chi connectivity index (χ3v) is 6.97. The van der Waals surface area contributed by atoms with Crippen molar-refractivity contribution in [2.24, 2.45) is 5.92 Å². The lowest BCUT2D eigenvalue weighted by molar-refractivity contribution is -0.122. The standard InChI is InChI=1S/C27H32N4O5/c1-34-22-4-6-24(25(17-22)35-2)31-18-20(16-26(31)32)27(33)28-21-3-5-23-19(15-21)7-8-30(23)10-9-29-11-13-36-14-12-29/h3-8,15,17,20H,9-14,16,18H2,1-2H3,(H,28,33). The number of methoxy groups -OCH3 is 2. The van der Waals surface area contributed by atoms with Crippen molar-refractivity contribution in [3.63, 3.8) is 0 Å². The van der Waals surface area contributed by atoms with Crippen molar-refractivity contribution < 1.29 is 23.8 Å². The normalized spacial score (nSPS) is 18.6. The SMILES string of the molecule is COc1ccc(N2CC(C(=O)Nc3ccc4c(ccn4CCN4CCOCC4)c3)CC2=O)c(OC)c1. The number of nitrogens with one attached hydrogen (secondary N) is 1. The van der Waals surface area contributed by atoms with E-state index in [1.54, 1.807) is 37.3 Å². The molecule has 36 heavy (non-hydrogen) atoms. The molecule has 2 amide bonds. The maximum Gasteiger partial charge on any atom is 0.229 e. The molecule has 2 saturated heterocycles. The van der Waals surface area contributed by atoms with Crippen LogP contribution in [0.5, 0.6) is 11.5 Å². The fraction of sp³-hybridized carbons (Fsp3) is 0.407. The lowest BCUT2D eigenvalue weighted by atomic mass is 10.1. The van der Waals surface area contributed by atoms with Crippen molar-refractivity contribution in [2.45, 2.75) is 13.0 Å². The number of hydrogen-bond donors (Lipinski definition) is 1. The summed E-state index contributed by atoms with van der Waals surface area (Å²) in [5.74, 6) is 0.461. The predicted molar refractivity (Wildman–Crippen MR) is 138 cm³/mol. The van der Waals surface area contributed by atoms with Crippen LogP contribution in [-0.4, -0.2) is 74.9 Å². The Balaban J connectivity index is 1.23. The van der Waals surface area contributed by atoms with Gasteiger partial charge in [-0.05, 0) is 36.4 Å². The quantitative estimate of drug-likeness (QED) is 0.521. The molecule has 190 valence electrons. The maximum atomic E-state index is 13.0. The first kappa shape index (κ1) is 24.1. The summed E-state index contributed by atoms with van der Waals surface area (Å²) in [5.41, 5.74) is 2.50. The summed E-state index contributed by atoms with van der Waals surface area (Å²) in [6.07, 6.45) is 2.24. The van der Waals surface area contributed by atoms with Crippen LogP contribution < -0.4 is 19.7 Å². The van der Waals surface area contributed by atoms with Crippen LogP contribution in [0.15, 0.2) is 48.7 Å². The molecule has 0 radical (unpaired) electrons. The van der Waals surface area contributed by atoms with E-state index in [9.17, 15) is 9.59 Å². The number of nitrogens with zero attached hydrogens (tertiary/aromatic N) is 3. The Morgan fingerprint density at radius 3 is 2.67 bits per heavy atom. The summed E-state index contributed by atoms with van der Waals surface area (Å²) in [4.78, 5) is 29.8. The van der Waals surface area contributed by atoms with E-state index in [1.807, 2.05) is 18.2 Å². The highest BCUT2D eigenvalue weighted by Crippen LogP contribution is 2.36. The zero-order valence-corrected chi connectivity index (χ0v) is 20.7. The second-order valence-electron chi connectivity index (χ2n) is 9.17. The second-order valence-corrected chi connectivity index (χ2v) is 9.17. The van der Waals surface area contributed by atoms with E-state index in [0.717, 1.165) is 56.0 Å². The topological polar surface area (TPSA) is 85.3 Å². The molecule has 0 spiro atoms. The van der Waals surface area contributed by atoms with Gasteiger partial charge in [0.2, 0.25) is 11.8 Å². The molecule has 9 nitrogen and oxygen atoms in total. The van der Waals surface area contributed by atoms with E-state index in [1.165, 1.54) is 0 Å². The number of amides is 2. The highest BCUT2D eigenvalue weighted by atomic mass is 16.5. The Morgan fingerprint density at radius 2 is 1.89 bits per heavy atom. The molecule has 2 aliphatic rings. The summed E-state index contributed by atoms with van der Waals surface area (Å²) in [5, 5.41) is 4.08. The summed E-state index contributed by atoms with van der Waals surface area (Å²) in [7, 11) is 3.13. The van der Waals surface area contributed by atoms with Gasteiger partial charge in [-0.25, -0.2) is 0 Å². The van der Waals surface area contributed by atoms with Crippen LogP contribution in [0.2, 0.25) is 0 Å². The van der Waals surface area contributed by atoms with Crippen LogP contribution in [0.25, 0.3) is 10.9 Å². The van der Waals surface area contributed by atoms with Gasteiger partial charge in [-0.1, -0.05) is 0 Å². The lowest BCUT2D eigenvalue weighted by Crippen LogP contribution is -2.38. The number of ether oxygens (including phenoxy) is 3. The fourth-order valence-electron chi connectivity index (χ4n) is 4.92. The van der Waals surface area contributed by atoms with Crippen molar-refractivity contribution in [3.8, 4) is 11.5 Å². The molecule has 2 aromatic carbocycles. The van der Waals surface area contributed by atoms with Crippen LogP contribution >= 0.6 is 0 Å². The molecule has 1 unspecified atom stereocenters. The highest BCUT2D eigenvalue weighted by Gasteiger charge is 2.36. The summed E-state index contributed by atoms with van der Waals surface area (Å²) in [6, 6.07) is 13.3. The maximum absolute atomic E-state index is 13.0. The number of morpholine rings is 1. The van der Waals surface area contributed by atoms with Gasteiger partial charge in [-0.2, -0.15) is 0 Å². The van der Waals surface area contributed by atoms with Gasteiger partial charge >= 0.3 is 0 Å². The van der Waals surface area contributed by atoms with Crippen LogP contribution in [-0.2, 0) is 20.9 Å². The smallest absolute Gasteiger partial charge is 0.229 e. The zero-order chi connectivity index (χ0) is 25.1. The molecule has 2 aliphatic heterocycles. The minimum atomic E-state index is -0.446. The molecule has 3 aromatic rings. The minimum absolute atomic E-state index is 0.105. The number of carbonyl (C=O) groups excluding carboxylic acids is 2. The van der Waals surface area contributed by atoms with Crippen LogP contribution in [0, 0.1) is 5.92 Å². The molecule has 1 N–H and O–H groups in total. The van der Waals surface area contributed by atoms with Crippen molar-refractivity contribution in [2.75, 3.05) is 63.8 Å².